The maximum Gasteiger partial charge on any atom is 0.327 e. The largest absolute Gasteiger partial charge is 0.337 e. The molecule has 4 nitrogen and oxygen atoms in total. The van der Waals surface area contributed by atoms with Gasteiger partial charge in [0.15, 0.2) is 0 Å². The Morgan fingerprint density at radius 2 is 2.58 bits per heavy atom. The number of imidazole rings is 1. The van der Waals surface area contributed by atoms with Gasteiger partial charge in [0.1, 0.15) is 6.33 Å². The molecule has 0 fully saturated rings. The lowest BCUT2D eigenvalue weighted by atomic mass is 10.2. The molecule has 0 spiro atoms. The van der Waals surface area contributed by atoms with Gasteiger partial charge in [-0.2, -0.15) is 0 Å². The van der Waals surface area contributed by atoms with Crippen molar-refractivity contribution >= 4 is 6.03 Å². The fraction of sp³-hybridized carbons (Fsp3) is 0.500. The van der Waals surface area contributed by atoms with Gasteiger partial charge in [-0.05, 0) is 6.42 Å². The fourth-order valence-electron chi connectivity index (χ4n) is 1.52. The number of hydrogen-bond acceptors (Lipinski definition) is 2. The van der Waals surface area contributed by atoms with E-state index in [1.807, 2.05) is 0 Å². The molecule has 1 aromatic heterocycles. The third-order valence-electron chi connectivity index (χ3n) is 2.14. The first-order valence-electron chi connectivity index (χ1n) is 4.16. The highest BCUT2D eigenvalue weighted by Gasteiger charge is 2.18. The number of nitrogens with zero attached hydrogens (tertiary/aromatic N) is 2. The monoisotopic (exact) mass is 165 g/mol. The number of carbonyl (C=O) groups excluding carboxylic acids is 1. The smallest absolute Gasteiger partial charge is 0.327 e. The molecule has 0 unspecified atom stereocenters. The predicted molar refractivity (Wildman–Crippen MR) is 44.1 cm³/mol. The Morgan fingerprint density at radius 3 is 3.33 bits per heavy atom. The summed E-state index contributed by atoms with van der Waals surface area (Å²) in [5.74, 6) is 0. The lowest BCUT2D eigenvalue weighted by Gasteiger charge is -2.14. The molecule has 2 heterocycles. The van der Waals surface area contributed by atoms with Gasteiger partial charge in [0.2, 0.25) is 0 Å². The highest BCUT2D eigenvalue weighted by Crippen LogP contribution is 2.11. The molecule has 0 aliphatic carbocycles. The number of fused-ring (bicyclic) bond motifs is 1. The molecular formula is C8H11N3O. The van der Waals surface area contributed by atoms with Crippen LogP contribution in [0.3, 0.4) is 0 Å². The van der Waals surface area contributed by atoms with E-state index in [1.54, 1.807) is 10.9 Å². The van der Waals surface area contributed by atoms with Gasteiger partial charge in [-0.1, -0.05) is 6.92 Å². The normalized spacial score (nSPS) is 15.6. The van der Waals surface area contributed by atoms with Crippen LogP contribution in [0, 0.1) is 0 Å². The van der Waals surface area contributed by atoms with Crippen LogP contribution < -0.4 is 5.32 Å². The lowest BCUT2D eigenvalue weighted by molar-refractivity contribution is 0.239. The number of carbonyl (C=O) groups is 1. The molecule has 0 radical (unpaired) electrons. The van der Waals surface area contributed by atoms with Crippen LogP contribution in [-0.2, 0) is 12.8 Å². The Bertz CT molecular complexity index is 316. The van der Waals surface area contributed by atoms with E-state index in [9.17, 15) is 4.79 Å². The second kappa shape index (κ2) is 2.62. The van der Waals surface area contributed by atoms with Gasteiger partial charge in [-0.15, -0.1) is 0 Å². The third-order valence-corrected chi connectivity index (χ3v) is 2.14. The number of hydrogen-bond donors (Lipinski definition) is 1. The summed E-state index contributed by atoms with van der Waals surface area (Å²) in [4.78, 5) is 15.4. The van der Waals surface area contributed by atoms with Crippen molar-refractivity contribution < 1.29 is 4.79 Å². The molecule has 1 amide bonds. The summed E-state index contributed by atoms with van der Waals surface area (Å²) in [6.45, 7) is 2.78. The summed E-state index contributed by atoms with van der Waals surface area (Å²) < 4.78 is 1.60. The van der Waals surface area contributed by atoms with E-state index in [0.717, 1.165) is 30.8 Å². The van der Waals surface area contributed by atoms with E-state index in [1.165, 1.54) is 0 Å². The summed E-state index contributed by atoms with van der Waals surface area (Å²) in [5, 5.41) is 2.76. The molecular weight excluding hydrogens is 154 g/mol. The zero-order chi connectivity index (χ0) is 8.55. The Balaban J connectivity index is 2.48. The standard InChI is InChI=1S/C8H11N3O/c1-2-6-7-3-4-9-8(12)11(7)5-10-6/h5H,2-4H2,1H3,(H,9,12). The first-order chi connectivity index (χ1) is 5.83. The van der Waals surface area contributed by atoms with Crippen molar-refractivity contribution in [1.29, 1.82) is 0 Å². The molecule has 4 heteroatoms. The van der Waals surface area contributed by atoms with Gasteiger partial charge >= 0.3 is 6.03 Å². The number of rotatable bonds is 1. The second-order valence-electron chi connectivity index (χ2n) is 2.84. The van der Waals surface area contributed by atoms with Gasteiger partial charge in [-0.3, -0.25) is 4.57 Å². The van der Waals surface area contributed by atoms with Crippen LogP contribution in [0.2, 0.25) is 0 Å². The summed E-state index contributed by atoms with van der Waals surface area (Å²) in [6.07, 6.45) is 3.40. The average Bonchev–Trinajstić information content (AvgIpc) is 2.49. The zero-order valence-corrected chi connectivity index (χ0v) is 7.00. The van der Waals surface area contributed by atoms with E-state index in [0.29, 0.717) is 0 Å². The van der Waals surface area contributed by atoms with E-state index < -0.39 is 0 Å². The van der Waals surface area contributed by atoms with Crippen molar-refractivity contribution in [1.82, 2.24) is 14.9 Å². The SMILES string of the molecule is CCc1ncn2c1CCNC2=O. The molecule has 2 rings (SSSR count). The highest BCUT2D eigenvalue weighted by molar-refractivity contribution is 5.78. The number of aromatic nitrogens is 2. The Kier molecular flexibility index (Phi) is 1.60. The van der Waals surface area contributed by atoms with E-state index in [4.69, 9.17) is 0 Å². The van der Waals surface area contributed by atoms with Crippen molar-refractivity contribution in [2.75, 3.05) is 6.54 Å². The molecule has 0 saturated carbocycles. The number of aryl methyl sites for hydroxylation is 1. The Labute approximate surface area is 70.6 Å². The molecule has 0 bridgehead atoms. The first-order valence-corrected chi connectivity index (χ1v) is 4.16. The lowest BCUT2D eigenvalue weighted by Crippen LogP contribution is -2.36. The van der Waals surface area contributed by atoms with Crippen molar-refractivity contribution in [3.8, 4) is 0 Å². The van der Waals surface area contributed by atoms with Crippen LogP contribution in [-0.4, -0.2) is 22.1 Å². The first kappa shape index (κ1) is 7.34. The molecule has 12 heavy (non-hydrogen) atoms. The van der Waals surface area contributed by atoms with E-state index in [2.05, 4.69) is 17.2 Å². The van der Waals surface area contributed by atoms with Crippen molar-refractivity contribution in [2.45, 2.75) is 19.8 Å². The second-order valence-corrected chi connectivity index (χ2v) is 2.84. The molecule has 0 saturated heterocycles. The summed E-state index contributed by atoms with van der Waals surface area (Å²) in [5.41, 5.74) is 2.12. The molecule has 1 aliphatic heterocycles. The fourth-order valence-corrected chi connectivity index (χ4v) is 1.52. The summed E-state index contributed by atoms with van der Waals surface area (Å²) in [6, 6.07) is -0.0524. The Morgan fingerprint density at radius 1 is 1.75 bits per heavy atom. The van der Waals surface area contributed by atoms with Crippen LogP contribution >= 0.6 is 0 Å². The minimum atomic E-state index is -0.0524. The predicted octanol–water partition coefficient (Wildman–Crippen LogP) is 0.559. The van der Waals surface area contributed by atoms with Gasteiger partial charge in [0.05, 0.1) is 11.4 Å². The average molecular weight is 165 g/mol. The molecule has 1 aliphatic rings. The van der Waals surface area contributed by atoms with Crippen LogP contribution in [0.5, 0.6) is 0 Å². The van der Waals surface area contributed by atoms with E-state index >= 15 is 0 Å². The van der Waals surface area contributed by atoms with Crippen molar-refractivity contribution in [3.63, 3.8) is 0 Å². The van der Waals surface area contributed by atoms with Gasteiger partial charge in [0.25, 0.3) is 0 Å². The maximum atomic E-state index is 11.2. The quantitative estimate of drug-likeness (QED) is 0.661. The molecule has 0 aromatic carbocycles. The van der Waals surface area contributed by atoms with Gasteiger partial charge in [0, 0.05) is 13.0 Å². The van der Waals surface area contributed by atoms with Crippen LogP contribution in [0.1, 0.15) is 18.3 Å². The number of nitrogens with one attached hydrogen (secondary N) is 1. The van der Waals surface area contributed by atoms with E-state index in [-0.39, 0.29) is 6.03 Å². The van der Waals surface area contributed by atoms with Gasteiger partial charge < -0.3 is 5.32 Å². The maximum absolute atomic E-state index is 11.2. The van der Waals surface area contributed by atoms with Crippen LogP contribution in [0.4, 0.5) is 4.79 Å². The zero-order valence-electron chi connectivity index (χ0n) is 7.00. The molecule has 64 valence electrons. The van der Waals surface area contributed by atoms with Crippen LogP contribution in [0.25, 0.3) is 0 Å². The summed E-state index contributed by atoms with van der Waals surface area (Å²) >= 11 is 0. The molecule has 1 aromatic rings. The third kappa shape index (κ3) is 0.913. The van der Waals surface area contributed by atoms with Crippen molar-refractivity contribution in [2.24, 2.45) is 0 Å². The molecule has 1 N–H and O–H groups in total. The summed E-state index contributed by atoms with van der Waals surface area (Å²) in [7, 11) is 0. The minimum absolute atomic E-state index is 0.0524. The topological polar surface area (TPSA) is 46.9 Å². The van der Waals surface area contributed by atoms with Crippen molar-refractivity contribution in [3.05, 3.63) is 17.7 Å². The highest BCUT2D eigenvalue weighted by atomic mass is 16.2. The van der Waals surface area contributed by atoms with Crippen LogP contribution in [0.15, 0.2) is 6.33 Å². The Hall–Kier alpha value is -1.32. The van der Waals surface area contributed by atoms with Gasteiger partial charge in [-0.25, -0.2) is 9.78 Å². The number of amides is 1. The minimum Gasteiger partial charge on any atom is -0.337 e. The molecule has 0 atom stereocenters.